The third kappa shape index (κ3) is 1.67. The maximum Gasteiger partial charge on any atom is 0.148 e. The van der Waals surface area contributed by atoms with Gasteiger partial charge in [0, 0.05) is 4.47 Å². The number of aromatic nitrogens is 2. The van der Waals surface area contributed by atoms with E-state index in [0.717, 1.165) is 21.1 Å². The topological polar surface area (TPSA) is 25.8 Å². The number of benzene rings is 1. The van der Waals surface area contributed by atoms with Gasteiger partial charge in [-0.15, -0.1) is 0 Å². The van der Waals surface area contributed by atoms with Crippen molar-refractivity contribution in [1.29, 1.82) is 0 Å². The first-order valence-electron chi connectivity index (χ1n) is 3.75. The number of hydrogen-bond donors (Lipinski definition) is 0. The highest BCUT2D eigenvalue weighted by atomic mass is 79.9. The second kappa shape index (κ2) is 3.24. The predicted octanol–water partition coefficient (Wildman–Crippen LogP) is 3.35. The molecule has 0 spiro atoms. The minimum absolute atomic E-state index is 0.414. The molecule has 0 aliphatic heterocycles. The molecule has 2 nitrogen and oxygen atoms in total. The standard InChI is InChI=1S/C9H6BrClN2/c1-5-2-6(10)9-7(3-5)12-4-8(11)13-9/h2-4H,1H3. The molecule has 1 aromatic heterocycles. The van der Waals surface area contributed by atoms with Gasteiger partial charge in [-0.2, -0.15) is 0 Å². The van der Waals surface area contributed by atoms with Crippen LogP contribution in [0.15, 0.2) is 22.8 Å². The molecular formula is C9H6BrClN2. The molecule has 0 saturated carbocycles. The Hall–Kier alpha value is -0.670. The summed E-state index contributed by atoms with van der Waals surface area (Å²) in [7, 11) is 0. The quantitative estimate of drug-likeness (QED) is 0.723. The molecule has 1 heterocycles. The van der Waals surface area contributed by atoms with Crippen LogP contribution in [0.2, 0.25) is 5.15 Å². The van der Waals surface area contributed by atoms with Crippen molar-refractivity contribution in [2.75, 3.05) is 0 Å². The summed E-state index contributed by atoms with van der Waals surface area (Å²) >= 11 is 9.16. The summed E-state index contributed by atoms with van der Waals surface area (Å²) < 4.78 is 0.928. The zero-order valence-electron chi connectivity index (χ0n) is 6.88. The van der Waals surface area contributed by atoms with E-state index < -0.39 is 0 Å². The van der Waals surface area contributed by atoms with E-state index in [1.807, 2.05) is 19.1 Å². The van der Waals surface area contributed by atoms with Crippen molar-refractivity contribution in [3.63, 3.8) is 0 Å². The van der Waals surface area contributed by atoms with E-state index in [4.69, 9.17) is 11.6 Å². The van der Waals surface area contributed by atoms with Crippen LogP contribution in [0.3, 0.4) is 0 Å². The zero-order chi connectivity index (χ0) is 9.42. The molecule has 0 atom stereocenters. The second-order valence-corrected chi connectivity index (χ2v) is 4.05. The Morgan fingerprint density at radius 3 is 2.92 bits per heavy atom. The van der Waals surface area contributed by atoms with Crippen LogP contribution in [0.1, 0.15) is 5.56 Å². The first-order chi connectivity index (χ1) is 6.16. The largest absolute Gasteiger partial charge is 0.251 e. The minimum atomic E-state index is 0.414. The smallest absolute Gasteiger partial charge is 0.148 e. The summed E-state index contributed by atoms with van der Waals surface area (Å²) in [4.78, 5) is 8.35. The maximum atomic E-state index is 5.74. The van der Waals surface area contributed by atoms with Crippen LogP contribution in [0.25, 0.3) is 11.0 Å². The lowest BCUT2D eigenvalue weighted by molar-refractivity contribution is 1.28. The molecule has 0 N–H and O–H groups in total. The predicted molar refractivity (Wildman–Crippen MR) is 57.0 cm³/mol. The Balaban J connectivity index is 2.87. The lowest BCUT2D eigenvalue weighted by Gasteiger charge is -2.00. The van der Waals surface area contributed by atoms with E-state index >= 15 is 0 Å². The Morgan fingerprint density at radius 1 is 1.38 bits per heavy atom. The fraction of sp³-hybridized carbons (Fsp3) is 0.111. The SMILES string of the molecule is Cc1cc(Br)c2nc(Cl)cnc2c1. The molecule has 2 rings (SSSR count). The van der Waals surface area contributed by atoms with E-state index in [9.17, 15) is 0 Å². The van der Waals surface area contributed by atoms with Crippen molar-refractivity contribution in [3.05, 3.63) is 33.5 Å². The third-order valence-corrected chi connectivity index (χ3v) is 2.50. The van der Waals surface area contributed by atoms with Crippen LogP contribution >= 0.6 is 27.5 Å². The first-order valence-corrected chi connectivity index (χ1v) is 4.92. The molecule has 2 aromatic rings. The summed E-state index contributed by atoms with van der Waals surface area (Å²) in [6.07, 6.45) is 1.55. The van der Waals surface area contributed by atoms with Crippen LogP contribution < -0.4 is 0 Å². The molecule has 1 aromatic carbocycles. The molecule has 4 heteroatoms. The summed E-state index contributed by atoms with van der Waals surface area (Å²) in [5, 5.41) is 0.414. The highest BCUT2D eigenvalue weighted by Crippen LogP contribution is 2.23. The lowest BCUT2D eigenvalue weighted by atomic mass is 10.2. The molecular weight excluding hydrogens is 251 g/mol. The second-order valence-electron chi connectivity index (χ2n) is 2.81. The van der Waals surface area contributed by atoms with Crippen molar-refractivity contribution < 1.29 is 0 Å². The fourth-order valence-electron chi connectivity index (χ4n) is 1.18. The molecule has 0 unspecified atom stereocenters. The highest BCUT2D eigenvalue weighted by Gasteiger charge is 2.02. The van der Waals surface area contributed by atoms with E-state index in [0.29, 0.717) is 5.15 Å². The van der Waals surface area contributed by atoms with E-state index in [2.05, 4.69) is 25.9 Å². The first kappa shape index (κ1) is 8.91. The summed E-state index contributed by atoms with van der Waals surface area (Å²) in [6, 6.07) is 3.97. The number of nitrogens with zero attached hydrogens (tertiary/aromatic N) is 2. The lowest BCUT2D eigenvalue weighted by Crippen LogP contribution is -1.86. The Kier molecular flexibility index (Phi) is 2.22. The molecule has 0 saturated heterocycles. The molecule has 13 heavy (non-hydrogen) atoms. The van der Waals surface area contributed by atoms with E-state index in [-0.39, 0.29) is 0 Å². The normalized spacial score (nSPS) is 10.7. The maximum absolute atomic E-state index is 5.74. The van der Waals surface area contributed by atoms with Gasteiger partial charge in [0.15, 0.2) is 0 Å². The van der Waals surface area contributed by atoms with Gasteiger partial charge in [-0.25, -0.2) is 4.98 Å². The number of hydrogen-bond acceptors (Lipinski definition) is 2. The Morgan fingerprint density at radius 2 is 2.15 bits per heavy atom. The zero-order valence-corrected chi connectivity index (χ0v) is 9.22. The Labute approximate surface area is 89.1 Å². The van der Waals surface area contributed by atoms with Gasteiger partial charge in [0.1, 0.15) is 10.7 Å². The van der Waals surface area contributed by atoms with Gasteiger partial charge in [-0.1, -0.05) is 11.6 Å². The van der Waals surface area contributed by atoms with E-state index in [1.54, 1.807) is 6.20 Å². The van der Waals surface area contributed by atoms with Gasteiger partial charge >= 0.3 is 0 Å². The summed E-state index contributed by atoms with van der Waals surface area (Å²) in [5.41, 5.74) is 2.81. The van der Waals surface area contributed by atoms with Crippen LogP contribution in [0.5, 0.6) is 0 Å². The summed E-state index contributed by atoms with van der Waals surface area (Å²) in [6.45, 7) is 2.01. The van der Waals surface area contributed by atoms with Gasteiger partial charge in [-0.3, -0.25) is 4.98 Å². The molecule has 66 valence electrons. The highest BCUT2D eigenvalue weighted by molar-refractivity contribution is 9.10. The number of aryl methyl sites for hydroxylation is 1. The van der Waals surface area contributed by atoms with Gasteiger partial charge in [0.05, 0.1) is 11.7 Å². The third-order valence-electron chi connectivity index (χ3n) is 1.72. The molecule has 0 fully saturated rings. The van der Waals surface area contributed by atoms with Crippen LogP contribution in [-0.4, -0.2) is 9.97 Å². The molecule has 0 radical (unpaired) electrons. The van der Waals surface area contributed by atoms with Crippen molar-refractivity contribution >= 4 is 38.6 Å². The van der Waals surface area contributed by atoms with Crippen molar-refractivity contribution in [1.82, 2.24) is 9.97 Å². The van der Waals surface area contributed by atoms with Crippen LogP contribution in [0, 0.1) is 6.92 Å². The van der Waals surface area contributed by atoms with Gasteiger partial charge in [-0.05, 0) is 40.5 Å². The number of rotatable bonds is 0. The van der Waals surface area contributed by atoms with Gasteiger partial charge in [0.2, 0.25) is 0 Å². The van der Waals surface area contributed by atoms with E-state index in [1.165, 1.54) is 0 Å². The minimum Gasteiger partial charge on any atom is -0.251 e. The van der Waals surface area contributed by atoms with Crippen molar-refractivity contribution in [2.24, 2.45) is 0 Å². The average molecular weight is 258 g/mol. The molecule has 0 bridgehead atoms. The Bertz CT molecular complexity index is 470. The van der Waals surface area contributed by atoms with Crippen molar-refractivity contribution in [3.8, 4) is 0 Å². The van der Waals surface area contributed by atoms with Gasteiger partial charge < -0.3 is 0 Å². The van der Waals surface area contributed by atoms with Crippen LogP contribution in [-0.2, 0) is 0 Å². The average Bonchev–Trinajstić information content (AvgIpc) is 2.06. The fourth-order valence-corrected chi connectivity index (χ4v) is 1.97. The van der Waals surface area contributed by atoms with Gasteiger partial charge in [0.25, 0.3) is 0 Å². The van der Waals surface area contributed by atoms with Crippen molar-refractivity contribution in [2.45, 2.75) is 6.92 Å². The van der Waals surface area contributed by atoms with Crippen LogP contribution in [0.4, 0.5) is 0 Å². The molecule has 0 aliphatic carbocycles. The molecule has 0 amide bonds. The number of fused-ring (bicyclic) bond motifs is 1. The summed E-state index contributed by atoms with van der Waals surface area (Å²) in [5.74, 6) is 0. The number of halogens is 2. The molecule has 0 aliphatic rings. The monoisotopic (exact) mass is 256 g/mol.